The van der Waals surface area contributed by atoms with E-state index in [-0.39, 0.29) is 35.1 Å². The third-order valence-electron chi connectivity index (χ3n) is 15.7. The van der Waals surface area contributed by atoms with Gasteiger partial charge in [0, 0.05) is 55.9 Å². The van der Waals surface area contributed by atoms with Gasteiger partial charge in [0.1, 0.15) is 34.9 Å². The molecule has 0 saturated carbocycles. The van der Waals surface area contributed by atoms with Crippen LogP contribution in [0, 0.1) is 0 Å². The molecule has 2 aromatic heterocycles. The Labute approximate surface area is 413 Å². The molecule has 0 N–H and O–H groups in total. The van der Waals surface area contributed by atoms with Gasteiger partial charge in [-0.25, -0.2) is 15.0 Å². The Balaban J connectivity index is 1.18. The van der Waals surface area contributed by atoms with Gasteiger partial charge in [-0.05, 0) is 111 Å². The van der Waals surface area contributed by atoms with Crippen LogP contribution in [-0.4, -0.2) is 33.4 Å². The van der Waals surface area contributed by atoms with Crippen molar-refractivity contribution in [3.05, 3.63) is 162 Å². The van der Waals surface area contributed by atoms with Crippen molar-refractivity contribution < 1.29 is 4.74 Å². The van der Waals surface area contributed by atoms with Crippen LogP contribution >= 0.6 is 0 Å². The third-order valence-corrected chi connectivity index (χ3v) is 15.7. The van der Waals surface area contributed by atoms with Crippen LogP contribution in [0.15, 0.2) is 140 Å². The quantitative estimate of drug-likeness (QED) is 0.162. The van der Waals surface area contributed by atoms with Gasteiger partial charge >= 0.3 is 0 Å². The second-order valence-electron chi connectivity index (χ2n) is 23.4. The number of rotatable bonds is 3. The number of para-hydroxylation sites is 4. The van der Waals surface area contributed by atoms with E-state index in [1.165, 1.54) is 27.5 Å². The van der Waals surface area contributed by atoms with Gasteiger partial charge in [-0.1, -0.05) is 154 Å². The summed E-state index contributed by atoms with van der Waals surface area (Å²) in [5, 5.41) is 0. The zero-order valence-electron chi connectivity index (χ0n) is 41.9. The largest absolute Gasteiger partial charge is 0.440 e. The molecule has 4 aliphatic heterocycles. The van der Waals surface area contributed by atoms with Crippen molar-refractivity contribution in [1.82, 2.24) is 19.9 Å². The smallest absolute Gasteiger partial charge is 0.260 e. The lowest BCUT2D eigenvalue weighted by atomic mass is 9.31. The second kappa shape index (κ2) is 14.7. The Bertz CT molecular complexity index is 3490. The molecule has 13 rings (SSSR count). The number of ether oxygens (including phenoxy) is 1. The van der Waals surface area contributed by atoms with Gasteiger partial charge in [0.25, 0.3) is 13.4 Å². The maximum absolute atomic E-state index is 6.87. The van der Waals surface area contributed by atoms with Gasteiger partial charge in [0.2, 0.25) is 5.88 Å². The van der Waals surface area contributed by atoms with Crippen LogP contribution in [0.4, 0.5) is 51.6 Å². The average Bonchev–Trinajstić information content (AvgIpc) is 3.34. The highest BCUT2D eigenvalue weighted by Crippen LogP contribution is 2.51. The fourth-order valence-electron chi connectivity index (χ4n) is 11.9. The first-order valence-electron chi connectivity index (χ1n) is 25.0. The normalized spacial score (nSPS) is 16.5. The summed E-state index contributed by atoms with van der Waals surface area (Å²) in [5.74, 6) is 5.63. The van der Waals surface area contributed by atoms with Gasteiger partial charge < -0.3 is 4.74 Å². The molecule has 0 bridgehead atoms. The molecule has 0 spiro atoms. The van der Waals surface area contributed by atoms with Crippen LogP contribution < -0.4 is 52.2 Å². The summed E-state index contributed by atoms with van der Waals surface area (Å²) >= 11 is 0. The number of benzene rings is 6. The SMILES string of the molecule is CC(C)(C)c1nc2c3c(n1)N(c1ccccc1)c1cc4c(cc1B3c1ccccc1O2)B1c2ccccc2N(c2ccccc2)c2nc(C(C)(C)C)nc(c21)N4c1ccc2c(c1)C(C)(C)CCC2(C)C. The first-order chi connectivity index (χ1) is 33.5. The summed E-state index contributed by atoms with van der Waals surface area (Å²) < 4.78 is 6.87. The van der Waals surface area contributed by atoms with E-state index in [4.69, 9.17) is 24.7 Å². The van der Waals surface area contributed by atoms with Gasteiger partial charge in [0.15, 0.2) is 0 Å². The van der Waals surface area contributed by atoms with E-state index in [0.29, 0.717) is 5.88 Å². The highest BCUT2D eigenvalue weighted by molar-refractivity contribution is 7.02. The van der Waals surface area contributed by atoms with Crippen molar-refractivity contribution in [2.75, 3.05) is 14.7 Å². The van der Waals surface area contributed by atoms with E-state index in [9.17, 15) is 0 Å². The van der Waals surface area contributed by atoms with Crippen LogP contribution in [0.2, 0.25) is 0 Å². The van der Waals surface area contributed by atoms with Gasteiger partial charge in [-0.2, -0.15) is 4.98 Å². The Morgan fingerprint density at radius 3 is 1.54 bits per heavy atom. The Morgan fingerprint density at radius 1 is 0.443 bits per heavy atom. The Kier molecular flexibility index (Phi) is 8.99. The summed E-state index contributed by atoms with van der Waals surface area (Å²) in [4.78, 5) is 29.5. The molecular formula is C60H57B2N7O. The molecule has 6 aromatic carbocycles. The summed E-state index contributed by atoms with van der Waals surface area (Å²) in [7, 11) is 0. The van der Waals surface area contributed by atoms with Crippen molar-refractivity contribution in [2.45, 2.75) is 104 Å². The number of hydrogen-bond acceptors (Lipinski definition) is 8. The molecule has 6 heterocycles. The molecule has 0 amide bonds. The van der Waals surface area contributed by atoms with Crippen LogP contribution in [0.25, 0.3) is 0 Å². The fraction of sp³-hybridized carbons (Fsp3) is 0.267. The first-order valence-corrected chi connectivity index (χ1v) is 25.0. The van der Waals surface area contributed by atoms with E-state index in [0.717, 1.165) is 98.2 Å². The molecule has 5 aliphatic rings. The van der Waals surface area contributed by atoms with E-state index < -0.39 is 0 Å². The molecule has 0 fully saturated rings. The number of anilines is 9. The van der Waals surface area contributed by atoms with Crippen molar-refractivity contribution in [1.29, 1.82) is 0 Å². The van der Waals surface area contributed by atoms with Crippen LogP contribution in [0.1, 0.15) is 105 Å². The predicted octanol–water partition coefficient (Wildman–Crippen LogP) is 10.7. The zero-order valence-corrected chi connectivity index (χ0v) is 41.9. The second-order valence-corrected chi connectivity index (χ2v) is 23.4. The lowest BCUT2D eigenvalue weighted by molar-refractivity contribution is 0.332. The van der Waals surface area contributed by atoms with Crippen molar-refractivity contribution in [3.63, 3.8) is 0 Å². The molecule has 0 atom stereocenters. The lowest BCUT2D eigenvalue weighted by Crippen LogP contribution is -2.65. The van der Waals surface area contributed by atoms with Gasteiger partial charge in [-0.15, -0.1) is 0 Å². The molecule has 70 heavy (non-hydrogen) atoms. The predicted molar refractivity (Wildman–Crippen MR) is 290 cm³/mol. The first kappa shape index (κ1) is 42.9. The number of aromatic nitrogens is 4. The minimum Gasteiger partial charge on any atom is -0.440 e. The molecule has 10 heteroatoms. The molecule has 8 nitrogen and oxygen atoms in total. The van der Waals surface area contributed by atoms with Crippen molar-refractivity contribution >= 4 is 97.8 Å². The van der Waals surface area contributed by atoms with Crippen molar-refractivity contribution in [3.8, 4) is 11.6 Å². The third kappa shape index (κ3) is 6.23. The number of nitrogens with zero attached hydrogens (tertiary/aromatic N) is 7. The topological polar surface area (TPSA) is 70.5 Å². The van der Waals surface area contributed by atoms with Gasteiger partial charge in [0.05, 0.1) is 0 Å². The molecule has 344 valence electrons. The van der Waals surface area contributed by atoms with E-state index >= 15 is 0 Å². The molecule has 1 aliphatic carbocycles. The minimum absolute atomic E-state index is 0.0188. The highest BCUT2D eigenvalue weighted by Gasteiger charge is 2.50. The van der Waals surface area contributed by atoms with Crippen LogP contribution in [0.5, 0.6) is 11.6 Å². The summed E-state index contributed by atoms with van der Waals surface area (Å²) in [6, 6.07) is 51.1. The van der Waals surface area contributed by atoms with Crippen LogP contribution in [-0.2, 0) is 21.7 Å². The monoisotopic (exact) mass is 913 g/mol. The van der Waals surface area contributed by atoms with E-state index in [1.807, 2.05) is 0 Å². The highest BCUT2D eigenvalue weighted by atomic mass is 16.5. The van der Waals surface area contributed by atoms with E-state index in [1.54, 1.807) is 0 Å². The maximum atomic E-state index is 6.87. The Hall–Kier alpha value is -7.19. The number of hydrogen-bond donors (Lipinski definition) is 0. The molecule has 0 radical (unpaired) electrons. The van der Waals surface area contributed by atoms with Crippen molar-refractivity contribution in [2.24, 2.45) is 0 Å². The fourth-order valence-corrected chi connectivity index (χ4v) is 11.9. The molecule has 0 unspecified atom stereocenters. The maximum Gasteiger partial charge on any atom is 0.260 e. The van der Waals surface area contributed by atoms with Gasteiger partial charge in [-0.3, -0.25) is 14.7 Å². The molecule has 0 saturated heterocycles. The minimum atomic E-state index is -0.365. The summed E-state index contributed by atoms with van der Waals surface area (Å²) in [6.07, 6.45) is 2.26. The molecule has 8 aromatic rings. The Morgan fingerprint density at radius 2 is 0.929 bits per heavy atom. The molecular weight excluding hydrogens is 856 g/mol. The summed E-state index contributed by atoms with van der Waals surface area (Å²) in [6.45, 7) is 22.5. The average molecular weight is 914 g/mol. The lowest BCUT2D eigenvalue weighted by Gasteiger charge is -2.46. The zero-order chi connectivity index (χ0) is 48.2. The van der Waals surface area contributed by atoms with Crippen LogP contribution in [0.3, 0.4) is 0 Å². The number of fused-ring (bicyclic) bond motifs is 9. The standard InChI is InChI=1S/C60H57B2N7O/c1-57(2,3)55-63-51-49-52(64-55)69(38-29-30-39-40(33-38)60(9,10)32-31-59(39,7)8)47-35-46-44(34-43(47)61(49)41-25-17-19-27-45(41)67(51)36-21-13-11-14-22-36)62-42-26-18-20-28-48(42)70-54-50(62)53(65-56(66-54)58(4,5)6)68(46)37-23-15-12-16-24-37/h11-30,33-35H,31-32H2,1-10H3. The van der Waals surface area contributed by atoms with E-state index in [2.05, 4.69) is 223 Å². The summed E-state index contributed by atoms with van der Waals surface area (Å²) in [5.41, 5.74) is 15.3.